The quantitative estimate of drug-likeness (QED) is 0.429. The molecule has 0 heterocycles. The monoisotopic (exact) mass is 151 g/mol. The summed E-state index contributed by atoms with van der Waals surface area (Å²) in [5.41, 5.74) is 0. The molecule has 0 amide bonds. The van der Waals surface area contributed by atoms with Crippen molar-refractivity contribution in [2.24, 2.45) is 0 Å². The molecular formula is C9H18BN. The highest BCUT2D eigenvalue weighted by molar-refractivity contribution is 6.04. The number of allylic oxidation sites excluding steroid dienone is 1. The lowest BCUT2D eigenvalue weighted by molar-refractivity contribution is 0.291. The number of hydrogen-bond acceptors (Lipinski definition) is 1. The normalized spacial score (nSPS) is 13.9. The van der Waals surface area contributed by atoms with Crippen LogP contribution in [-0.4, -0.2) is 24.9 Å². The van der Waals surface area contributed by atoms with Crippen molar-refractivity contribution in [2.75, 3.05) is 0 Å². The van der Waals surface area contributed by atoms with Gasteiger partial charge in [-0.1, -0.05) is 26.8 Å². The molecule has 0 aromatic rings. The van der Waals surface area contributed by atoms with Gasteiger partial charge in [0.1, 0.15) is 0 Å². The maximum atomic E-state index is 5.80. The minimum absolute atomic E-state index is 0.426. The topological polar surface area (TPSA) is 3.24 Å². The van der Waals surface area contributed by atoms with Crippen molar-refractivity contribution in [3.8, 4) is 0 Å². The van der Waals surface area contributed by atoms with Gasteiger partial charge >= 0.3 is 0 Å². The van der Waals surface area contributed by atoms with Crippen LogP contribution in [0.2, 0.25) is 0 Å². The van der Waals surface area contributed by atoms with Crippen LogP contribution in [0.4, 0.5) is 0 Å². The van der Waals surface area contributed by atoms with E-state index in [0.717, 1.165) is 12.8 Å². The van der Waals surface area contributed by atoms with Gasteiger partial charge in [-0.15, -0.1) is 6.58 Å². The first kappa shape index (κ1) is 10.8. The van der Waals surface area contributed by atoms with Crippen LogP contribution in [0.5, 0.6) is 0 Å². The Balaban J connectivity index is 3.63. The zero-order chi connectivity index (χ0) is 8.85. The predicted molar refractivity (Wildman–Crippen MR) is 51.6 cm³/mol. The lowest BCUT2D eigenvalue weighted by Crippen LogP contribution is -2.36. The van der Waals surface area contributed by atoms with Crippen molar-refractivity contribution in [1.82, 2.24) is 4.81 Å². The average molecular weight is 151 g/mol. The van der Waals surface area contributed by atoms with E-state index in [1.54, 1.807) is 0 Å². The van der Waals surface area contributed by atoms with Crippen LogP contribution in [0.15, 0.2) is 12.7 Å². The Hall–Kier alpha value is -0.235. The standard InChI is InChI=1S/C9H18BN/c1-5-6-7-9(4)11(10)8(2)3/h5,8-9H,1,6-7H2,2-4H3. The summed E-state index contributed by atoms with van der Waals surface area (Å²) in [7, 11) is 5.80. The van der Waals surface area contributed by atoms with Gasteiger partial charge in [0.25, 0.3) is 0 Å². The average Bonchev–Trinajstić information content (AvgIpc) is 1.98. The van der Waals surface area contributed by atoms with E-state index in [0.29, 0.717) is 12.1 Å². The molecule has 0 aromatic heterocycles. The summed E-state index contributed by atoms with van der Waals surface area (Å²) in [4.78, 5) is 1.89. The van der Waals surface area contributed by atoms with E-state index in [2.05, 4.69) is 27.4 Å². The molecule has 1 nitrogen and oxygen atoms in total. The van der Waals surface area contributed by atoms with E-state index in [4.69, 9.17) is 7.98 Å². The summed E-state index contributed by atoms with van der Waals surface area (Å²) in [5.74, 6) is 0. The second-order valence-electron chi connectivity index (χ2n) is 3.26. The van der Waals surface area contributed by atoms with Crippen LogP contribution >= 0.6 is 0 Å². The Labute approximate surface area is 71.9 Å². The first-order chi connectivity index (χ1) is 5.09. The molecule has 0 saturated heterocycles. The predicted octanol–water partition coefficient (Wildman–Crippen LogP) is 2.13. The Kier molecular flexibility index (Phi) is 5.30. The SMILES string of the molecule is [B]N(C(C)C)C(C)CCC=C. The largest absolute Gasteiger partial charge is 0.349 e. The second kappa shape index (κ2) is 5.42. The number of hydrogen-bond donors (Lipinski definition) is 0. The molecule has 0 bridgehead atoms. The molecule has 0 aliphatic rings. The summed E-state index contributed by atoms with van der Waals surface area (Å²) in [6.07, 6.45) is 4.07. The molecule has 0 N–H and O–H groups in total. The van der Waals surface area contributed by atoms with E-state index >= 15 is 0 Å². The lowest BCUT2D eigenvalue weighted by Gasteiger charge is -2.28. The van der Waals surface area contributed by atoms with Gasteiger partial charge in [0, 0.05) is 0 Å². The maximum Gasteiger partial charge on any atom is 0.183 e. The van der Waals surface area contributed by atoms with Gasteiger partial charge in [-0.05, 0) is 24.9 Å². The molecule has 11 heavy (non-hydrogen) atoms. The van der Waals surface area contributed by atoms with Crippen molar-refractivity contribution in [2.45, 2.75) is 45.7 Å². The second-order valence-corrected chi connectivity index (χ2v) is 3.26. The van der Waals surface area contributed by atoms with E-state index in [1.165, 1.54) is 0 Å². The fourth-order valence-electron chi connectivity index (χ4n) is 1.02. The highest BCUT2D eigenvalue weighted by atomic mass is 15.1. The summed E-state index contributed by atoms with van der Waals surface area (Å²) in [6.45, 7) is 10.0. The van der Waals surface area contributed by atoms with Gasteiger partial charge < -0.3 is 4.81 Å². The van der Waals surface area contributed by atoms with Crippen LogP contribution < -0.4 is 0 Å². The van der Waals surface area contributed by atoms with E-state index in [1.807, 2.05) is 10.9 Å². The fraction of sp³-hybridized carbons (Fsp3) is 0.778. The molecule has 0 aliphatic heterocycles. The third-order valence-electron chi connectivity index (χ3n) is 1.89. The molecule has 2 radical (unpaired) electrons. The van der Waals surface area contributed by atoms with Crippen molar-refractivity contribution in [3.63, 3.8) is 0 Å². The minimum atomic E-state index is 0.426. The molecule has 0 spiro atoms. The Bertz CT molecular complexity index is 112. The van der Waals surface area contributed by atoms with Gasteiger partial charge in [-0.25, -0.2) is 0 Å². The molecule has 0 saturated carbocycles. The summed E-state index contributed by atoms with van der Waals surface area (Å²) in [5, 5.41) is 0. The number of rotatable bonds is 5. The minimum Gasteiger partial charge on any atom is -0.349 e. The summed E-state index contributed by atoms with van der Waals surface area (Å²) >= 11 is 0. The van der Waals surface area contributed by atoms with E-state index < -0.39 is 0 Å². The highest BCUT2D eigenvalue weighted by Gasteiger charge is 2.09. The summed E-state index contributed by atoms with van der Waals surface area (Å²) < 4.78 is 0. The van der Waals surface area contributed by atoms with Crippen LogP contribution in [0.1, 0.15) is 33.6 Å². The summed E-state index contributed by atoms with van der Waals surface area (Å²) in [6, 6.07) is 0.878. The molecule has 0 aromatic carbocycles. The van der Waals surface area contributed by atoms with Crippen molar-refractivity contribution < 1.29 is 0 Å². The molecule has 1 unspecified atom stereocenters. The highest BCUT2D eigenvalue weighted by Crippen LogP contribution is 2.06. The maximum absolute atomic E-state index is 5.80. The Morgan fingerprint density at radius 2 is 2.00 bits per heavy atom. The molecular weight excluding hydrogens is 133 g/mol. The van der Waals surface area contributed by atoms with Gasteiger partial charge in [0.15, 0.2) is 7.98 Å². The third-order valence-corrected chi connectivity index (χ3v) is 1.89. The molecule has 0 fully saturated rings. The van der Waals surface area contributed by atoms with Crippen molar-refractivity contribution in [3.05, 3.63) is 12.7 Å². The number of nitrogens with zero attached hydrogens (tertiary/aromatic N) is 1. The van der Waals surface area contributed by atoms with Crippen LogP contribution in [0, 0.1) is 0 Å². The zero-order valence-electron chi connectivity index (χ0n) is 7.88. The first-order valence-electron chi connectivity index (χ1n) is 4.23. The molecule has 1 atom stereocenters. The van der Waals surface area contributed by atoms with Gasteiger partial charge in [-0.2, -0.15) is 0 Å². The van der Waals surface area contributed by atoms with E-state index in [-0.39, 0.29) is 0 Å². The Morgan fingerprint density at radius 1 is 1.45 bits per heavy atom. The fourth-order valence-corrected chi connectivity index (χ4v) is 1.02. The Morgan fingerprint density at radius 3 is 2.36 bits per heavy atom. The van der Waals surface area contributed by atoms with Gasteiger partial charge in [-0.3, -0.25) is 0 Å². The van der Waals surface area contributed by atoms with E-state index in [9.17, 15) is 0 Å². The van der Waals surface area contributed by atoms with Crippen molar-refractivity contribution in [1.29, 1.82) is 0 Å². The third kappa shape index (κ3) is 4.25. The van der Waals surface area contributed by atoms with Crippen LogP contribution in [-0.2, 0) is 0 Å². The smallest absolute Gasteiger partial charge is 0.183 e. The molecule has 2 heteroatoms. The molecule has 0 aliphatic carbocycles. The zero-order valence-corrected chi connectivity index (χ0v) is 7.88. The molecule has 0 rings (SSSR count). The van der Waals surface area contributed by atoms with Crippen LogP contribution in [0.25, 0.3) is 0 Å². The molecule has 62 valence electrons. The van der Waals surface area contributed by atoms with Crippen LogP contribution in [0.3, 0.4) is 0 Å². The first-order valence-corrected chi connectivity index (χ1v) is 4.23. The van der Waals surface area contributed by atoms with Crippen molar-refractivity contribution >= 4 is 7.98 Å². The lowest BCUT2D eigenvalue weighted by atomic mass is 10.1. The van der Waals surface area contributed by atoms with Gasteiger partial charge in [0.05, 0.1) is 0 Å². The van der Waals surface area contributed by atoms with Gasteiger partial charge in [0.2, 0.25) is 0 Å².